The fourth-order valence-electron chi connectivity index (χ4n) is 4.44. The Balaban J connectivity index is 1.63. The summed E-state index contributed by atoms with van der Waals surface area (Å²) in [6.07, 6.45) is 1.45. The van der Waals surface area contributed by atoms with Gasteiger partial charge in [-0.15, -0.1) is 0 Å². The predicted octanol–water partition coefficient (Wildman–Crippen LogP) is 5.90. The summed E-state index contributed by atoms with van der Waals surface area (Å²) in [6, 6.07) is 18.8. The molecular weight excluding hydrogens is 492 g/mol. The number of nitrogens with two attached hydrogens (primary N) is 1. The molecule has 1 amide bonds. The highest BCUT2D eigenvalue weighted by atomic mass is 16.5. The first-order valence-electron chi connectivity index (χ1n) is 12.2. The second-order valence-corrected chi connectivity index (χ2v) is 9.14. The molecule has 0 radical (unpaired) electrons. The lowest BCUT2D eigenvalue weighted by molar-refractivity contribution is -0.112. The highest BCUT2D eigenvalue weighted by molar-refractivity contribution is 6.08. The summed E-state index contributed by atoms with van der Waals surface area (Å²) in [5.74, 6) is 1.68. The molecule has 3 heterocycles. The molecule has 9 heteroatoms. The van der Waals surface area contributed by atoms with Gasteiger partial charge in [0, 0.05) is 35.6 Å². The number of methoxy groups -OCH3 is 1. The van der Waals surface area contributed by atoms with Gasteiger partial charge in [0.1, 0.15) is 17.8 Å². The number of rotatable bonds is 7. The van der Waals surface area contributed by atoms with E-state index in [1.54, 1.807) is 20.1 Å². The minimum absolute atomic E-state index is 0.230. The van der Waals surface area contributed by atoms with Gasteiger partial charge in [-0.25, -0.2) is 15.0 Å². The number of nitrogens with zero attached hydrogens (tertiary/aromatic N) is 4. The van der Waals surface area contributed by atoms with Crippen molar-refractivity contribution in [3.8, 4) is 39.8 Å². The number of ether oxygens (including phenoxy) is 2. The number of carbonyl (C=O) groups excluding carboxylic acids is 1. The number of benzene rings is 2. The van der Waals surface area contributed by atoms with E-state index in [4.69, 9.17) is 15.2 Å². The predicted molar refractivity (Wildman–Crippen MR) is 153 cm³/mol. The summed E-state index contributed by atoms with van der Waals surface area (Å²) in [6.45, 7) is 7.26. The van der Waals surface area contributed by atoms with Crippen LogP contribution >= 0.6 is 0 Å². The fraction of sp³-hybridized carbons (Fsp3) is 0.133. The van der Waals surface area contributed by atoms with Crippen molar-refractivity contribution >= 4 is 28.4 Å². The molecule has 0 aliphatic carbocycles. The molecule has 0 saturated carbocycles. The van der Waals surface area contributed by atoms with Crippen LogP contribution in [0.3, 0.4) is 0 Å². The molecule has 0 aliphatic rings. The van der Waals surface area contributed by atoms with Gasteiger partial charge in [0.05, 0.1) is 18.2 Å². The number of nitrogens with one attached hydrogen (secondary N) is 1. The number of anilines is 2. The molecular formula is C30H28N6O3. The molecule has 0 saturated heterocycles. The number of nitrogen functional groups attached to an aromatic ring is 1. The number of aromatic nitrogens is 4. The largest absolute Gasteiger partial charge is 0.493 e. The normalized spacial score (nSPS) is 10.9. The highest BCUT2D eigenvalue weighted by Crippen LogP contribution is 2.44. The Hall–Kier alpha value is -5.18. The average Bonchev–Trinajstić information content (AvgIpc) is 3.22. The van der Waals surface area contributed by atoms with Crippen molar-refractivity contribution < 1.29 is 14.3 Å². The third-order valence-electron chi connectivity index (χ3n) is 6.33. The van der Waals surface area contributed by atoms with Crippen molar-refractivity contribution in [1.29, 1.82) is 0 Å². The van der Waals surface area contributed by atoms with E-state index in [0.717, 1.165) is 33.5 Å². The Morgan fingerprint density at radius 1 is 1.03 bits per heavy atom. The molecule has 2 aromatic carbocycles. The number of hydrogen-bond acceptors (Lipinski definition) is 7. The summed E-state index contributed by atoms with van der Waals surface area (Å²) in [7, 11) is 3.53. The minimum Gasteiger partial charge on any atom is -0.493 e. The summed E-state index contributed by atoms with van der Waals surface area (Å²) in [5, 5.41) is 3.57. The van der Waals surface area contributed by atoms with E-state index < -0.39 is 0 Å². The van der Waals surface area contributed by atoms with Crippen LogP contribution in [-0.4, -0.2) is 32.5 Å². The monoisotopic (exact) mass is 520 g/mol. The van der Waals surface area contributed by atoms with Gasteiger partial charge < -0.3 is 25.1 Å². The molecule has 9 nitrogen and oxygen atoms in total. The zero-order valence-electron chi connectivity index (χ0n) is 22.1. The summed E-state index contributed by atoms with van der Waals surface area (Å²) >= 11 is 0. The number of fused-ring (bicyclic) bond motifs is 1. The summed E-state index contributed by atoms with van der Waals surface area (Å²) in [4.78, 5) is 25.3. The first-order chi connectivity index (χ1) is 18.8. The molecule has 0 bridgehead atoms. The zero-order valence-corrected chi connectivity index (χ0v) is 22.1. The van der Waals surface area contributed by atoms with E-state index in [9.17, 15) is 4.79 Å². The molecule has 0 spiro atoms. The second kappa shape index (κ2) is 10.3. The smallest absolute Gasteiger partial charge is 0.250 e. The molecule has 5 aromatic rings. The van der Waals surface area contributed by atoms with Crippen molar-refractivity contribution in [3.63, 3.8) is 0 Å². The van der Waals surface area contributed by atoms with Crippen LogP contribution in [0.5, 0.6) is 17.4 Å². The standard InChI is InChI=1S/C30H28N6O3/c1-17(2)30(37)35-21-12-9-19(10-13-21)27-25(26-28(31)32-16-33-29(26)36(27)4)20-11-14-22(23(15-20)38-5)39-24-8-6-7-18(3)34-24/h6-16H,1H2,2-5H3,(H,35,37)(H2,31,32,33). The molecule has 0 atom stereocenters. The fourth-order valence-corrected chi connectivity index (χ4v) is 4.44. The topological polar surface area (TPSA) is 117 Å². The summed E-state index contributed by atoms with van der Waals surface area (Å²) in [5.41, 5.74) is 12.5. The van der Waals surface area contributed by atoms with Crippen LogP contribution in [-0.2, 0) is 11.8 Å². The molecule has 0 fully saturated rings. The number of pyridine rings is 1. The molecule has 0 aliphatic heterocycles. The Bertz CT molecular complexity index is 1720. The molecule has 39 heavy (non-hydrogen) atoms. The maximum Gasteiger partial charge on any atom is 0.250 e. The van der Waals surface area contributed by atoms with Gasteiger partial charge in [0.25, 0.3) is 5.91 Å². The van der Waals surface area contributed by atoms with Crippen LogP contribution in [0.2, 0.25) is 0 Å². The number of aryl methyl sites for hydroxylation is 2. The first kappa shape index (κ1) is 25.5. The Morgan fingerprint density at radius 3 is 2.46 bits per heavy atom. The van der Waals surface area contributed by atoms with Crippen molar-refractivity contribution in [3.05, 3.63) is 84.8 Å². The van der Waals surface area contributed by atoms with Gasteiger partial charge in [-0.2, -0.15) is 0 Å². The first-order valence-corrected chi connectivity index (χ1v) is 12.2. The van der Waals surface area contributed by atoms with Gasteiger partial charge in [-0.1, -0.05) is 30.8 Å². The van der Waals surface area contributed by atoms with Gasteiger partial charge in [-0.05, 0) is 55.3 Å². The van der Waals surface area contributed by atoms with Gasteiger partial charge in [0.2, 0.25) is 5.88 Å². The SMILES string of the molecule is C=C(C)C(=O)Nc1ccc(-c2c(-c3ccc(Oc4cccc(C)n4)c(OC)c3)c3c(N)ncnc3n2C)cc1. The Morgan fingerprint density at radius 2 is 1.77 bits per heavy atom. The molecule has 3 N–H and O–H groups in total. The van der Waals surface area contributed by atoms with Gasteiger partial charge in [0.15, 0.2) is 11.5 Å². The quantitative estimate of drug-likeness (QED) is 0.256. The van der Waals surface area contributed by atoms with Gasteiger partial charge in [-0.3, -0.25) is 4.79 Å². The Labute approximate surface area is 226 Å². The third-order valence-corrected chi connectivity index (χ3v) is 6.33. The molecule has 196 valence electrons. The lowest BCUT2D eigenvalue weighted by atomic mass is 9.98. The maximum absolute atomic E-state index is 12.1. The van der Waals surface area contributed by atoms with E-state index in [-0.39, 0.29) is 5.91 Å². The van der Waals surface area contributed by atoms with Crippen LogP contribution in [0.15, 0.2) is 79.1 Å². The van der Waals surface area contributed by atoms with Gasteiger partial charge >= 0.3 is 0 Å². The number of hydrogen-bond donors (Lipinski definition) is 2. The average molecular weight is 521 g/mol. The van der Waals surface area contributed by atoms with E-state index in [0.29, 0.717) is 40.1 Å². The maximum atomic E-state index is 12.1. The van der Waals surface area contributed by atoms with E-state index in [1.807, 2.05) is 73.1 Å². The van der Waals surface area contributed by atoms with Crippen molar-refractivity contribution in [2.75, 3.05) is 18.2 Å². The van der Waals surface area contributed by atoms with E-state index >= 15 is 0 Å². The second-order valence-electron chi connectivity index (χ2n) is 9.14. The van der Waals surface area contributed by atoms with E-state index in [1.165, 1.54) is 6.33 Å². The van der Waals surface area contributed by atoms with Crippen LogP contribution in [0, 0.1) is 6.92 Å². The van der Waals surface area contributed by atoms with Crippen molar-refractivity contribution in [2.24, 2.45) is 7.05 Å². The van der Waals surface area contributed by atoms with Crippen molar-refractivity contribution in [2.45, 2.75) is 13.8 Å². The van der Waals surface area contributed by atoms with Crippen LogP contribution in [0.25, 0.3) is 33.4 Å². The van der Waals surface area contributed by atoms with E-state index in [2.05, 4.69) is 26.8 Å². The zero-order chi connectivity index (χ0) is 27.7. The van der Waals surface area contributed by atoms with Crippen LogP contribution in [0.4, 0.5) is 11.5 Å². The Kier molecular flexibility index (Phi) is 6.72. The lowest BCUT2D eigenvalue weighted by Gasteiger charge is -2.14. The molecule has 3 aromatic heterocycles. The van der Waals surface area contributed by atoms with Crippen molar-refractivity contribution in [1.82, 2.24) is 19.5 Å². The molecule has 0 unspecified atom stereocenters. The van der Waals surface area contributed by atoms with Crippen LogP contribution < -0.4 is 20.5 Å². The summed E-state index contributed by atoms with van der Waals surface area (Å²) < 4.78 is 13.7. The number of amides is 1. The highest BCUT2D eigenvalue weighted by Gasteiger charge is 2.23. The third kappa shape index (κ3) is 4.89. The lowest BCUT2D eigenvalue weighted by Crippen LogP contribution is -2.11. The molecule has 5 rings (SSSR count). The number of carbonyl (C=O) groups is 1. The minimum atomic E-state index is -0.230. The van der Waals surface area contributed by atoms with Crippen LogP contribution in [0.1, 0.15) is 12.6 Å².